The van der Waals surface area contributed by atoms with E-state index in [4.69, 9.17) is 11.6 Å². The molecule has 0 aliphatic rings. The van der Waals surface area contributed by atoms with Gasteiger partial charge in [-0.3, -0.25) is 4.72 Å². The minimum atomic E-state index is -3.89. The van der Waals surface area contributed by atoms with Crippen molar-refractivity contribution < 1.29 is 12.8 Å². The van der Waals surface area contributed by atoms with Crippen LogP contribution in [-0.4, -0.2) is 20.4 Å². The van der Waals surface area contributed by atoms with E-state index >= 15 is 0 Å². The van der Waals surface area contributed by atoms with E-state index in [9.17, 15) is 12.8 Å². The van der Waals surface area contributed by atoms with E-state index in [2.05, 4.69) is 15.0 Å². The molecule has 3 N–H and O–H groups in total. The van der Waals surface area contributed by atoms with Gasteiger partial charge in [-0.1, -0.05) is 17.7 Å². The molecule has 0 fully saturated rings. The number of hydrogen-bond acceptors (Lipinski definition) is 3. The average Bonchev–Trinajstić information content (AvgIpc) is 2.84. The number of anilines is 1. The smallest absolute Gasteiger partial charge is 0.263 e. The number of para-hydroxylation sites is 1. The van der Waals surface area contributed by atoms with E-state index in [0.717, 1.165) is 6.07 Å². The molecule has 2 rings (SSSR count). The van der Waals surface area contributed by atoms with Crippen molar-refractivity contribution in [3.63, 3.8) is 0 Å². The zero-order valence-electron chi connectivity index (χ0n) is 10.6. The van der Waals surface area contributed by atoms with Gasteiger partial charge in [0.1, 0.15) is 16.4 Å². The molecule has 0 spiro atoms. The molecule has 8 heteroatoms. The molecular formula is C12H13ClFN3O2S. The number of sulfonamides is 1. The summed E-state index contributed by atoms with van der Waals surface area (Å²) in [5.74, 6) is -0.730. The second-order valence-corrected chi connectivity index (χ2v) is 6.18. The number of aromatic nitrogens is 1. The van der Waals surface area contributed by atoms with E-state index in [-0.39, 0.29) is 15.6 Å². The van der Waals surface area contributed by atoms with Crippen molar-refractivity contribution in [1.29, 1.82) is 0 Å². The minimum absolute atomic E-state index is 0.000408. The largest absolute Gasteiger partial charge is 0.363 e. The van der Waals surface area contributed by atoms with Crippen molar-refractivity contribution in [2.45, 2.75) is 11.4 Å². The highest BCUT2D eigenvalue weighted by Gasteiger charge is 2.19. The zero-order valence-corrected chi connectivity index (χ0v) is 12.1. The third kappa shape index (κ3) is 3.12. The average molecular weight is 318 g/mol. The van der Waals surface area contributed by atoms with E-state index in [1.807, 2.05) is 0 Å². The number of halogens is 2. The van der Waals surface area contributed by atoms with Crippen LogP contribution in [0.2, 0.25) is 5.02 Å². The summed E-state index contributed by atoms with van der Waals surface area (Å²) in [5.41, 5.74) is 0.443. The third-order valence-corrected chi connectivity index (χ3v) is 4.24. The highest BCUT2D eigenvalue weighted by Crippen LogP contribution is 2.27. The van der Waals surface area contributed by atoms with Crippen LogP contribution in [-0.2, 0) is 16.6 Å². The summed E-state index contributed by atoms with van der Waals surface area (Å²) in [6, 6.07) is 5.41. The van der Waals surface area contributed by atoms with Gasteiger partial charge < -0.3 is 10.3 Å². The standard InChI is InChI=1S/C12H13ClFN3O2S/c1-15-6-8-5-9(7-16-8)20(18,19)17-12-10(13)3-2-4-11(12)14/h2-5,7,15-17H,6H2,1H3. The Morgan fingerprint density at radius 3 is 2.80 bits per heavy atom. The topological polar surface area (TPSA) is 74.0 Å². The van der Waals surface area contributed by atoms with Crippen molar-refractivity contribution in [1.82, 2.24) is 10.3 Å². The molecule has 0 bridgehead atoms. The third-order valence-electron chi connectivity index (χ3n) is 2.59. The van der Waals surface area contributed by atoms with Crippen LogP contribution in [0.5, 0.6) is 0 Å². The van der Waals surface area contributed by atoms with Crippen molar-refractivity contribution in [2.24, 2.45) is 0 Å². The van der Waals surface area contributed by atoms with Crippen LogP contribution in [0.4, 0.5) is 10.1 Å². The Morgan fingerprint density at radius 1 is 1.40 bits per heavy atom. The summed E-state index contributed by atoms with van der Waals surface area (Å²) in [5, 5.41) is 2.89. The van der Waals surface area contributed by atoms with Crippen LogP contribution in [0, 0.1) is 5.82 Å². The minimum Gasteiger partial charge on any atom is -0.363 e. The Morgan fingerprint density at radius 2 is 2.15 bits per heavy atom. The number of rotatable bonds is 5. The molecule has 0 radical (unpaired) electrons. The molecular weight excluding hydrogens is 305 g/mol. The summed E-state index contributed by atoms with van der Waals surface area (Å²) in [4.78, 5) is 2.84. The monoisotopic (exact) mass is 317 g/mol. The van der Waals surface area contributed by atoms with E-state index in [1.165, 1.54) is 24.4 Å². The summed E-state index contributed by atoms with van der Waals surface area (Å²) >= 11 is 5.79. The lowest BCUT2D eigenvalue weighted by Crippen LogP contribution is -2.13. The highest BCUT2D eigenvalue weighted by atomic mass is 35.5. The maximum atomic E-state index is 13.6. The molecule has 1 aromatic carbocycles. The summed E-state index contributed by atoms with van der Waals surface area (Å²) in [7, 11) is -2.15. The first kappa shape index (κ1) is 14.8. The van der Waals surface area contributed by atoms with E-state index in [0.29, 0.717) is 12.2 Å². The van der Waals surface area contributed by atoms with Crippen LogP contribution in [0.1, 0.15) is 5.69 Å². The number of benzene rings is 1. The van der Waals surface area contributed by atoms with Crippen molar-refractivity contribution in [2.75, 3.05) is 11.8 Å². The molecule has 1 heterocycles. The predicted molar refractivity (Wildman–Crippen MR) is 75.8 cm³/mol. The second-order valence-electron chi connectivity index (χ2n) is 4.09. The molecule has 0 saturated carbocycles. The van der Waals surface area contributed by atoms with Gasteiger partial charge in [-0.2, -0.15) is 0 Å². The van der Waals surface area contributed by atoms with Crippen molar-refractivity contribution >= 4 is 27.3 Å². The van der Waals surface area contributed by atoms with Crippen LogP contribution in [0.15, 0.2) is 35.4 Å². The van der Waals surface area contributed by atoms with Gasteiger partial charge in [-0.05, 0) is 25.2 Å². The zero-order chi connectivity index (χ0) is 14.8. The molecule has 5 nitrogen and oxygen atoms in total. The SMILES string of the molecule is CNCc1cc(S(=O)(=O)Nc2c(F)cccc2Cl)c[nH]1. The Kier molecular flexibility index (Phi) is 4.32. The predicted octanol–water partition coefficient (Wildman–Crippen LogP) is 2.33. The molecule has 108 valence electrons. The van der Waals surface area contributed by atoms with Gasteiger partial charge in [-0.25, -0.2) is 12.8 Å². The maximum Gasteiger partial charge on any atom is 0.263 e. The number of aromatic amines is 1. The number of nitrogens with one attached hydrogen (secondary N) is 3. The lowest BCUT2D eigenvalue weighted by atomic mass is 10.3. The van der Waals surface area contributed by atoms with Gasteiger partial charge in [0.2, 0.25) is 0 Å². The molecule has 0 amide bonds. The first-order chi connectivity index (χ1) is 9.44. The molecule has 0 unspecified atom stereocenters. The van der Waals surface area contributed by atoms with Crippen LogP contribution >= 0.6 is 11.6 Å². The van der Waals surface area contributed by atoms with Gasteiger partial charge in [0, 0.05) is 18.4 Å². The normalized spacial score (nSPS) is 11.6. The van der Waals surface area contributed by atoms with Crippen LogP contribution in [0.25, 0.3) is 0 Å². The number of H-pyrrole nitrogens is 1. The second kappa shape index (κ2) is 5.82. The fourth-order valence-electron chi connectivity index (χ4n) is 1.66. The number of hydrogen-bond donors (Lipinski definition) is 3. The fourth-order valence-corrected chi connectivity index (χ4v) is 3.03. The Balaban J connectivity index is 2.31. The van der Waals surface area contributed by atoms with E-state index in [1.54, 1.807) is 7.05 Å². The first-order valence-electron chi connectivity index (χ1n) is 5.73. The highest BCUT2D eigenvalue weighted by molar-refractivity contribution is 7.92. The Labute approximate surface area is 121 Å². The van der Waals surface area contributed by atoms with Gasteiger partial charge in [-0.15, -0.1) is 0 Å². The fraction of sp³-hybridized carbons (Fsp3) is 0.167. The van der Waals surface area contributed by atoms with Gasteiger partial charge in [0.05, 0.1) is 5.02 Å². The molecule has 0 saturated heterocycles. The molecule has 1 aromatic heterocycles. The first-order valence-corrected chi connectivity index (χ1v) is 7.59. The molecule has 0 aliphatic heterocycles. The van der Waals surface area contributed by atoms with Gasteiger partial charge in [0.25, 0.3) is 10.0 Å². The van der Waals surface area contributed by atoms with Crippen LogP contribution < -0.4 is 10.0 Å². The van der Waals surface area contributed by atoms with Crippen LogP contribution in [0.3, 0.4) is 0 Å². The molecule has 2 aromatic rings. The lowest BCUT2D eigenvalue weighted by molar-refractivity contribution is 0.598. The van der Waals surface area contributed by atoms with E-state index < -0.39 is 15.8 Å². The molecule has 0 atom stereocenters. The Bertz CT molecular complexity index is 695. The quantitative estimate of drug-likeness (QED) is 0.792. The van der Waals surface area contributed by atoms with Crippen molar-refractivity contribution in [3.8, 4) is 0 Å². The summed E-state index contributed by atoms with van der Waals surface area (Å²) < 4.78 is 40.0. The molecule has 0 aliphatic carbocycles. The summed E-state index contributed by atoms with van der Waals surface area (Å²) in [6.07, 6.45) is 1.34. The summed E-state index contributed by atoms with van der Waals surface area (Å²) in [6.45, 7) is 0.496. The molecule has 20 heavy (non-hydrogen) atoms. The Hall–Kier alpha value is -1.57. The lowest BCUT2D eigenvalue weighted by Gasteiger charge is -2.09. The van der Waals surface area contributed by atoms with Gasteiger partial charge in [0.15, 0.2) is 0 Å². The van der Waals surface area contributed by atoms with Crippen molar-refractivity contribution in [3.05, 3.63) is 47.0 Å². The van der Waals surface area contributed by atoms with Gasteiger partial charge >= 0.3 is 0 Å². The maximum absolute atomic E-state index is 13.6.